The molecule has 2 aromatic rings. The highest BCUT2D eigenvalue weighted by molar-refractivity contribution is 5.78. The van der Waals surface area contributed by atoms with Crippen LogP contribution in [0, 0.1) is 11.7 Å². The van der Waals surface area contributed by atoms with E-state index in [9.17, 15) is 9.18 Å². The average molecular weight is 330 g/mol. The third-order valence-electron chi connectivity index (χ3n) is 4.77. The van der Waals surface area contributed by atoms with Crippen molar-refractivity contribution < 1.29 is 9.18 Å². The fourth-order valence-corrected chi connectivity index (χ4v) is 3.26. The number of halogens is 1. The summed E-state index contributed by atoms with van der Waals surface area (Å²) < 4.78 is 15.7. The number of hydrogen-bond donors (Lipinski definition) is 0. The predicted octanol–water partition coefficient (Wildman–Crippen LogP) is 2.46. The van der Waals surface area contributed by atoms with E-state index in [2.05, 4.69) is 21.7 Å². The Balaban J connectivity index is 1.51. The lowest BCUT2D eigenvalue weighted by Crippen LogP contribution is -2.40. The smallest absolute Gasteiger partial charge is 0.227 e. The van der Waals surface area contributed by atoms with E-state index in [0.717, 1.165) is 44.7 Å². The molecular weight excluding hydrogens is 307 g/mol. The fourth-order valence-electron chi connectivity index (χ4n) is 3.26. The van der Waals surface area contributed by atoms with E-state index in [-0.39, 0.29) is 18.1 Å². The van der Waals surface area contributed by atoms with Gasteiger partial charge in [-0.25, -0.2) is 4.39 Å². The Morgan fingerprint density at radius 1 is 1.29 bits per heavy atom. The number of nitrogens with zero attached hydrogens (tertiary/aromatic N) is 4. The average Bonchev–Trinajstić information content (AvgIpc) is 3.04. The predicted molar refractivity (Wildman–Crippen MR) is 88.8 cm³/mol. The first-order valence-electron chi connectivity index (χ1n) is 8.55. The third kappa shape index (κ3) is 3.80. The van der Waals surface area contributed by atoms with Crippen molar-refractivity contribution in [3.05, 3.63) is 47.8 Å². The third-order valence-corrected chi connectivity index (χ3v) is 4.77. The molecule has 1 saturated heterocycles. The maximum absolute atomic E-state index is 13.7. The number of carbonyl (C=O) groups is 1. The van der Waals surface area contributed by atoms with Crippen molar-refractivity contribution in [3.63, 3.8) is 0 Å². The van der Waals surface area contributed by atoms with E-state index >= 15 is 0 Å². The zero-order valence-corrected chi connectivity index (χ0v) is 14.0. The minimum atomic E-state index is -0.306. The second-order valence-electron chi connectivity index (χ2n) is 6.33. The summed E-state index contributed by atoms with van der Waals surface area (Å²) in [6.45, 7) is 4.43. The highest BCUT2D eigenvalue weighted by Gasteiger charge is 2.24. The van der Waals surface area contributed by atoms with Gasteiger partial charge in [-0.15, -0.1) is 10.2 Å². The van der Waals surface area contributed by atoms with Crippen LogP contribution in [0.5, 0.6) is 0 Å². The molecule has 0 unspecified atom stereocenters. The lowest BCUT2D eigenvalue weighted by atomic mass is 9.93. The van der Waals surface area contributed by atoms with Crippen LogP contribution in [0.2, 0.25) is 0 Å². The zero-order valence-electron chi connectivity index (χ0n) is 14.0. The monoisotopic (exact) mass is 330 g/mol. The SMILES string of the molecule is CCn1cnnc1CC1CCN(C(=O)Cc2ccccc2F)CC1. The van der Waals surface area contributed by atoms with Crippen LogP contribution in [0.15, 0.2) is 30.6 Å². The molecule has 0 bridgehead atoms. The Bertz CT molecular complexity index is 692. The molecule has 3 rings (SSSR count). The lowest BCUT2D eigenvalue weighted by molar-refractivity contribution is -0.131. The van der Waals surface area contributed by atoms with Crippen LogP contribution >= 0.6 is 0 Å². The van der Waals surface area contributed by atoms with Crippen molar-refractivity contribution in [2.24, 2.45) is 5.92 Å². The van der Waals surface area contributed by atoms with Crippen LogP contribution in [0.25, 0.3) is 0 Å². The molecule has 1 aliphatic rings. The van der Waals surface area contributed by atoms with Gasteiger partial charge in [0.2, 0.25) is 5.91 Å². The Morgan fingerprint density at radius 3 is 2.75 bits per heavy atom. The van der Waals surface area contributed by atoms with E-state index in [1.165, 1.54) is 6.07 Å². The number of benzene rings is 1. The van der Waals surface area contributed by atoms with E-state index in [4.69, 9.17) is 0 Å². The standard InChI is InChI=1S/C18H23FN4O/c1-2-22-13-20-21-17(22)11-14-7-9-23(10-8-14)18(24)12-15-5-3-4-6-16(15)19/h3-6,13-14H,2,7-12H2,1H3. The maximum Gasteiger partial charge on any atom is 0.227 e. The molecule has 2 heterocycles. The van der Waals surface area contributed by atoms with Gasteiger partial charge in [0.15, 0.2) is 0 Å². The topological polar surface area (TPSA) is 51.0 Å². The van der Waals surface area contributed by atoms with Crippen LogP contribution < -0.4 is 0 Å². The molecule has 24 heavy (non-hydrogen) atoms. The summed E-state index contributed by atoms with van der Waals surface area (Å²) in [6.07, 6.45) is 4.73. The van der Waals surface area contributed by atoms with Crippen LogP contribution in [-0.2, 0) is 24.2 Å². The van der Waals surface area contributed by atoms with Gasteiger partial charge in [-0.1, -0.05) is 18.2 Å². The Kier molecular flexibility index (Phi) is 5.23. The molecule has 0 N–H and O–H groups in total. The molecule has 1 aromatic carbocycles. The van der Waals surface area contributed by atoms with Gasteiger partial charge in [0.1, 0.15) is 18.0 Å². The summed E-state index contributed by atoms with van der Waals surface area (Å²) in [4.78, 5) is 14.2. The van der Waals surface area contributed by atoms with Crippen molar-refractivity contribution in [1.82, 2.24) is 19.7 Å². The number of likely N-dealkylation sites (tertiary alicyclic amines) is 1. The van der Waals surface area contributed by atoms with Gasteiger partial charge in [0, 0.05) is 26.1 Å². The van der Waals surface area contributed by atoms with Gasteiger partial charge >= 0.3 is 0 Å². The van der Waals surface area contributed by atoms with E-state index in [1.807, 2.05) is 4.90 Å². The fraction of sp³-hybridized carbons (Fsp3) is 0.500. The summed E-state index contributed by atoms with van der Waals surface area (Å²) in [5, 5.41) is 8.16. The number of amides is 1. The normalized spacial score (nSPS) is 15.7. The van der Waals surface area contributed by atoms with Crippen molar-refractivity contribution >= 4 is 5.91 Å². The van der Waals surface area contributed by atoms with Crippen LogP contribution in [0.4, 0.5) is 4.39 Å². The molecule has 1 aromatic heterocycles. The largest absolute Gasteiger partial charge is 0.342 e. The molecule has 0 radical (unpaired) electrons. The highest BCUT2D eigenvalue weighted by Crippen LogP contribution is 2.22. The molecule has 1 amide bonds. The first kappa shape index (κ1) is 16.6. The molecule has 0 aliphatic carbocycles. The number of carbonyl (C=O) groups excluding carboxylic acids is 1. The molecule has 0 atom stereocenters. The van der Waals surface area contributed by atoms with Gasteiger partial charge in [0.05, 0.1) is 6.42 Å². The number of aryl methyl sites for hydroxylation is 1. The number of piperidine rings is 1. The highest BCUT2D eigenvalue weighted by atomic mass is 19.1. The number of hydrogen-bond acceptors (Lipinski definition) is 3. The number of rotatable bonds is 5. The summed E-state index contributed by atoms with van der Waals surface area (Å²) in [7, 11) is 0. The molecule has 0 spiro atoms. The molecule has 1 fully saturated rings. The summed E-state index contributed by atoms with van der Waals surface area (Å²) >= 11 is 0. The van der Waals surface area contributed by atoms with Crippen molar-refractivity contribution in [2.45, 2.75) is 39.2 Å². The van der Waals surface area contributed by atoms with Gasteiger partial charge in [-0.05, 0) is 37.3 Å². The first-order chi connectivity index (χ1) is 11.7. The molecule has 128 valence electrons. The number of aromatic nitrogens is 3. The second-order valence-corrected chi connectivity index (χ2v) is 6.33. The van der Waals surface area contributed by atoms with Crippen LogP contribution in [0.1, 0.15) is 31.2 Å². The molecule has 6 heteroatoms. The Hall–Kier alpha value is -2.24. The quantitative estimate of drug-likeness (QED) is 0.846. The van der Waals surface area contributed by atoms with E-state index < -0.39 is 0 Å². The van der Waals surface area contributed by atoms with Crippen LogP contribution in [0.3, 0.4) is 0 Å². The van der Waals surface area contributed by atoms with E-state index in [1.54, 1.807) is 24.5 Å². The van der Waals surface area contributed by atoms with Gasteiger partial charge in [0.25, 0.3) is 0 Å². The summed E-state index contributed by atoms with van der Waals surface area (Å²) in [5.41, 5.74) is 0.473. The Morgan fingerprint density at radius 2 is 2.04 bits per heavy atom. The van der Waals surface area contributed by atoms with E-state index in [0.29, 0.717) is 11.5 Å². The first-order valence-corrected chi connectivity index (χ1v) is 8.55. The molecule has 1 aliphatic heterocycles. The minimum absolute atomic E-state index is 0.00951. The minimum Gasteiger partial charge on any atom is -0.342 e. The van der Waals surface area contributed by atoms with Gasteiger partial charge in [-0.3, -0.25) is 4.79 Å². The van der Waals surface area contributed by atoms with Crippen molar-refractivity contribution in [3.8, 4) is 0 Å². The maximum atomic E-state index is 13.7. The zero-order chi connectivity index (χ0) is 16.9. The Labute approximate surface area is 141 Å². The van der Waals surface area contributed by atoms with Gasteiger partial charge < -0.3 is 9.47 Å². The van der Waals surface area contributed by atoms with Crippen molar-refractivity contribution in [1.29, 1.82) is 0 Å². The second kappa shape index (κ2) is 7.55. The summed E-state index contributed by atoms with van der Waals surface area (Å²) in [6, 6.07) is 6.49. The van der Waals surface area contributed by atoms with Crippen LogP contribution in [-0.4, -0.2) is 38.7 Å². The molecule has 5 nitrogen and oxygen atoms in total. The lowest BCUT2D eigenvalue weighted by Gasteiger charge is -2.32. The summed E-state index contributed by atoms with van der Waals surface area (Å²) in [5.74, 6) is 1.25. The van der Waals surface area contributed by atoms with Gasteiger partial charge in [-0.2, -0.15) is 0 Å². The van der Waals surface area contributed by atoms with Crippen molar-refractivity contribution in [2.75, 3.05) is 13.1 Å². The molecule has 0 saturated carbocycles. The molecular formula is C18H23FN4O.